The highest BCUT2D eigenvalue weighted by Gasteiger charge is 2.26. The fraction of sp³-hybridized carbons (Fsp3) is 0.200. The zero-order chi connectivity index (χ0) is 24.6. The van der Waals surface area contributed by atoms with Gasteiger partial charge in [0.2, 0.25) is 0 Å². The Balaban J connectivity index is 1.78. The highest BCUT2D eigenvalue weighted by atomic mass is 32.1. The fourth-order valence-corrected chi connectivity index (χ4v) is 5.51. The number of carbonyl (C=O) groups is 3. The molecular weight excluding hydrogens is 470 g/mol. The van der Waals surface area contributed by atoms with Crippen molar-refractivity contribution in [1.82, 2.24) is 4.98 Å². The molecule has 0 atom stereocenters. The van der Waals surface area contributed by atoms with E-state index in [9.17, 15) is 14.4 Å². The minimum absolute atomic E-state index is 0.0986. The van der Waals surface area contributed by atoms with Crippen molar-refractivity contribution >= 4 is 56.4 Å². The van der Waals surface area contributed by atoms with Gasteiger partial charge >= 0.3 is 5.97 Å². The molecule has 0 bridgehead atoms. The van der Waals surface area contributed by atoms with E-state index in [1.165, 1.54) is 0 Å². The molecule has 0 fully saturated rings. The number of benzene rings is 1. The van der Waals surface area contributed by atoms with Crippen molar-refractivity contribution in [1.29, 1.82) is 0 Å². The van der Waals surface area contributed by atoms with Gasteiger partial charge in [0.25, 0.3) is 11.8 Å². The minimum atomic E-state index is -0.734. The molecule has 0 aliphatic heterocycles. The Morgan fingerprint density at radius 2 is 1.79 bits per heavy atom. The van der Waals surface area contributed by atoms with Gasteiger partial charge in [-0.3, -0.25) is 9.59 Å². The number of fused-ring (bicyclic) bond motifs is 1. The third-order valence-corrected chi connectivity index (χ3v) is 7.31. The lowest BCUT2D eigenvalue weighted by Gasteiger charge is -2.10. The van der Waals surface area contributed by atoms with E-state index in [1.807, 2.05) is 43.3 Å². The monoisotopic (exact) mass is 493 g/mol. The lowest BCUT2D eigenvalue weighted by molar-refractivity contribution is 0.0383. The van der Waals surface area contributed by atoms with Gasteiger partial charge in [0, 0.05) is 10.3 Å². The number of nitrogens with zero attached hydrogens (tertiary/aromatic N) is 1. The predicted molar refractivity (Wildman–Crippen MR) is 136 cm³/mol. The number of amides is 2. The first-order chi connectivity index (χ1) is 16.2. The summed E-state index contributed by atoms with van der Waals surface area (Å²) in [5.74, 6) is -1.73. The van der Waals surface area contributed by atoms with Crippen LogP contribution in [0.4, 0.5) is 5.00 Å². The number of rotatable bonds is 6. The van der Waals surface area contributed by atoms with E-state index in [1.54, 1.807) is 38.2 Å². The van der Waals surface area contributed by atoms with Crippen LogP contribution in [0.2, 0.25) is 0 Å². The molecule has 174 valence electrons. The third kappa shape index (κ3) is 4.57. The molecule has 0 aliphatic carbocycles. The van der Waals surface area contributed by atoms with Gasteiger partial charge in [-0.25, -0.2) is 9.78 Å². The number of aromatic nitrogens is 1. The summed E-state index contributed by atoms with van der Waals surface area (Å²) in [7, 11) is 0. The van der Waals surface area contributed by atoms with E-state index in [4.69, 9.17) is 15.5 Å². The van der Waals surface area contributed by atoms with Crippen molar-refractivity contribution in [2.45, 2.75) is 33.8 Å². The molecule has 34 heavy (non-hydrogen) atoms. The summed E-state index contributed by atoms with van der Waals surface area (Å²) in [5, 5.41) is 3.68. The number of anilines is 1. The largest absolute Gasteiger partial charge is 0.459 e. The predicted octanol–water partition coefficient (Wildman–Crippen LogP) is 5.56. The van der Waals surface area contributed by atoms with Crippen molar-refractivity contribution in [2.75, 3.05) is 5.32 Å². The number of thiophene rings is 2. The van der Waals surface area contributed by atoms with Crippen LogP contribution in [0, 0.1) is 13.8 Å². The number of primary amides is 1. The van der Waals surface area contributed by atoms with Crippen LogP contribution in [-0.2, 0) is 4.74 Å². The number of pyridine rings is 1. The summed E-state index contributed by atoms with van der Waals surface area (Å²) in [4.78, 5) is 45.2. The molecule has 4 rings (SSSR count). The highest BCUT2D eigenvalue weighted by Crippen LogP contribution is 2.35. The number of nitrogens with one attached hydrogen (secondary N) is 1. The van der Waals surface area contributed by atoms with E-state index in [-0.39, 0.29) is 21.5 Å². The SMILES string of the molecule is Cc1ccc(-c2cc(C(=O)Nc3sc(C(=O)OC(C)C)c(C)c3C(N)=O)c3ccccc3n2)s1. The Labute approximate surface area is 204 Å². The van der Waals surface area contributed by atoms with Crippen LogP contribution in [0.5, 0.6) is 0 Å². The number of hydrogen-bond acceptors (Lipinski definition) is 7. The van der Waals surface area contributed by atoms with Gasteiger partial charge in [-0.15, -0.1) is 22.7 Å². The van der Waals surface area contributed by atoms with Crippen molar-refractivity contribution in [3.8, 4) is 10.6 Å². The van der Waals surface area contributed by atoms with E-state index in [0.29, 0.717) is 27.7 Å². The van der Waals surface area contributed by atoms with Gasteiger partial charge in [-0.1, -0.05) is 18.2 Å². The smallest absolute Gasteiger partial charge is 0.348 e. The maximum atomic E-state index is 13.5. The summed E-state index contributed by atoms with van der Waals surface area (Å²) >= 11 is 2.56. The van der Waals surface area contributed by atoms with Crippen LogP contribution >= 0.6 is 22.7 Å². The molecule has 3 heterocycles. The zero-order valence-electron chi connectivity index (χ0n) is 19.1. The van der Waals surface area contributed by atoms with Gasteiger partial charge in [-0.2, -0.15) is 0 Å². The average Bonchev–Trinajstić information content (AvgIpc) is 3.35. The summed E-state index contributed by atoms with van der Waals surface area (Å²) in [6, 6.07) is 13.1. The summed E-state index contributed by atoms with van der Waals surface area (Å²) in [5.41, 5.74) is 7.83. The Morgan fingerprint density at radius 1 is 1.06 bits per heavy atom. The molecule has 3 N–H and O–H groups in total. The second-order valence-electron chi connectivity index (χ2n) is 8.02. The average molecular weight is 494 g/mol. The maximum Gasteiger partial charge on any atom is 0.348 e. The third-order valence-electron chi connectivity index (χ3n) is 5.10. The number of esters is 1. The van der Waals surface area contributed by atoms with E-state index in [2.05, 4.69) is 5.32 Å². The van der Waals surface area contributed by atoms with Gasteiger partial charge in [-0.05, 0) is 57.5 Å². The Kier molecular flexibility index (Phi) is 6.49. The van der Waals surface area contributed by atoms with Gasteiger partial charge < -0.3 is 15.8 Å². The molecule has 0 spiro atoms. The molecule has 0 radical (unpaired) electrons. The molecule has 0 saturated heterocycles. The minimum Gasteiger partial charge on any atom is -0.459 e. The topological polar surface area (TPSA) is 111 Å². The first-order valence-corrected chi connectivity index (χ1v) is 12.2. The molecular formula is C25H23N3O4S2. The fourth-order valence-electron chi connectivity index (χ4n) is 3.59. The number of nitrogens with two attached hydrogens (primary N) is 1. The van der Waals surface area contributed by atoms with Crippen molar-refractivity contribution in [3.05, 3.63) is 68.9 Å². The maximum absolute atomic E-state index is 13.5. The van der Waals surface area contributed by atoms with Crippen LogP contribution in [-0.4, -0.2) is 28.9 Å². The van der Waals surface area contributed by atoms with Gasteiger partial charge in [0.1, 0.15) is 9.88 Å². The van der Waals surface area contributed by atoms with Crippen molar-refractivity contribution < 1.29 is 19.1 Å². The van der Waals surface area contributed by atoms with Crippen LogP contribution in [0.25, 0.3) is 21.5 Å². The molecule has 0 saturated carbocycles. The normalized spacial score (nSPS) is 11.1. The molecule has 7 nitrogen and oxygen atoms in total. The number of para-hydroxylation sites is 1. The second-order valence-corrected chi connectivity index (χ2v) is 10.3. The van der Waals surface area contributed by atoms with Crippen LogP contribution in [0.3, 0.4) is 0 Å². The van der Waals surface area contributed by atoms with Crippen LogP contribution in [0.15, 0.2) is 42.5 Å². The first-order valence-electron chi connectivity index (χ1n) is 10.6. The van der Waals surface area contributed by atoms with Crippen molar-refractivity contribution in [2.24, 2.45) is 5.73 Å². The lowest BCUT2D eigenvalue weighted by Crippen LogP contribution is -2.18. The quantitative estimate of drug-likeness (QED) is 0.342. The Morgan fingerprint density at radius 3 is 2.44 bits per heavy atom. The molecule has 0 aliphatic rings. The highest BCUT2D eigenvalue weighted by molar-refractivity contribution is 7.18. The molecule has 4 aromatic rings. The standard InChI is InChI=1S/C25H23N3O4S2/c1-12(2)32-25(31)21-14(4)20(22(26)29)24(34-21)28-23(30)16-11-18(19-10-9-13(3)33-19)27-17-8-6-5-7-15(16)17/h5-12H,1-4H3,(H2,26,29)(H,28,30). The van der Waals surface area contributed by atoms with Gasteiger partial charge in [0.05, 0.1) is 33.3 Å². The summed E-state index contributed by atoms with van der Waals surface area (Å²) in [6.45, 7) is 7.09. The van der Waals surface area contributed by atoms with E-state index in [0.717, 1.165) is 21.1 Å². The Bertz CT molecular complexity index is 1440. The summed E-state index contributed by atoms with van der Waals surface area (Å²) < 4.78 is 5.28. The molecule has 3 aromatic heterocycles. The number of aryl methyl sites for hydroxylation is 1. The van der Waals surface area contributed by atoms with Gasteiger partial charge in [0.15, 0.2) is 0 Å². The zero-order valence-corrected chi connectivity index (χ0v) is 20.7. The lowest BCUT2D eigenvalue weighted by atomic mass is 10.1. The number of ether oxygens (including phenoxy) is 1. The van der Waals surface area contributed by atoms with Crippen molar-refractivity contribution in [3.63, 3.8) is 0 Å². The number of hydrogen-bond donors (Lipinski definition) is 2. The molecule has 9 heteroatoms. The van der Waals surface area contributed by atoms with Crippen LogP contribution in [0.1, 0.15) is 54.7 Å². The van der Waals surface area contributed by atoms with E-state index < -0.39 is 17.8 Å². The summed E-state index contributed by atoms with van der Waals surface area (Å²) in [6.07, 6.45) is -0.327. The molecule has 0 unspecified atom stereocenters. The molecule has 1 aromatic carbocycles. The second kappa shape index (κ2) is 9.36. The van der Waals surface area contributed by atoms with Crippen LogP contribution < -0.4 is 11.1 Å². The first kappa shape index (κ1) is 23.6. The number of carbonyl (C=O) groups excluding carboxylic acids is 3. The van der Waals surface area contributed by atoms with E-state index >= 15 is 0 Å². The Hall–Kier alpha value is -3.56. The molecule has 2 amide bonds.